The van der Waals surface area contributed by atoms with Crippen LogP contribution in [0, 0.1) is 5.82 Å². The summed E-state index contributed by atoms with van der Waals surface area (Å²) in [6, 6.07) is 4.86. The monoisotopic (exact) mass is 247 g/mol. The van der Waals surface area contributed by atoms with E-state index in [9.17, 15) is 4.39 Å². The van der Waals surface area contributed by atoms with E-state index in [1.807, 2.05) is 10.7 Å². The molecule has 0 bridgehead atoms. The van der Waals surface area contributed by atoms with Gasteiger partial charge in [-0.3, -0.25) is 4.68 Å². The molecule has 0 saturated carbocycles. The third-order valence-electron chi connectivity index (χ3n) is 3.68. The van der Waals surface area contributed by atoms with Crippen LogP contribution in [0.5, 0.6) is 0 Å². The van der Waals surface area contributed by atoms with Gasteiger partial charge in [-0.25, -0.2) is 4.39 Å². The lowest BCUT2D eigenvalue weighted by Gasteiger charge is -2.26. The van der Waals surface area contributed by atoms with Gasteiger partial charge >= 0.3 is 0 Å². The molecule has 0 radical (unpaired) electrons. The molecule has 0 amide bonds. The number of aromatic nitrogens is 2. The van der Waals surface area contributed by atoms with Gasteiger partial charge in [-0.1, -0.05) is 6.42 Å². The molecule has 4 heteroatoms. The Bertz CT molecular complexity index is 529. The highest BCUT2D eigenvalue weighted by Crippen LogP contribution is 2.15. The summed E-state index contributed by atoms with van der Waals surface area (Å²) in [7, 11) is 0. The quantitative estimate of drug-likeness (QED) is 0.831. The minimum absolute atomic E-state index is 0.196. The zero-order valence-electron chi connectivity index (χ0n) is 10.5. The Kier molecular flexibility index (Phi) is 3.28. The summed E-state index contributed by atoms with van der Waals surface area (Å²) in [5.74, 6) is -0.196. The van der Waals surface area contributed by atoms with Crippen molar-refractivity contribution < 1.29 is 4.39 Å². The van der Waals surface area contributed by atoms with Crippen molar-refractivity contribution in [1.82, 2.24) is 14.7 Å². The van der Waals surface area contributed by atoms with E-state index in [1.165, 1.54) is 38.4 Å². The van der Waals surface area contributed by atoms with Crippen LogP contribution in [0.1, 0.15) is 19.3 Å². The van der Waals surface area contributed by atoms with Gasteiger partial charge in [0.05, 0.1) is 18.3 Å². The molecule has 1 aliphatic heterocycles. The predicted octanol–water partition coefficient (Wildman–Crippen LogP) is 2.66. The van der Waals surface area contributed by atoms with Crippen molar-refractivity contribution in [3.8, 4) is 0 Å². The van der Waals surface area contributed by atoms with Crippen LogP contribution in [-0.4, -0.2) is 34.3 Å². The minimum Gasteiger partial charge on any atom is -0.301 e. The van der Waals surface area contributed by atoms with Gasteiger partial charge in [-0.05, 0) is 44.1 Å². The first kappa shape index (κ1) is 11.7. The van der Waals surface area contributed by atoms with E-state index in [0.717, 1.165) is 24.0 Å². The van der Waals surface area contributed by atoms with Crippen LogP contribution in [0.15, 0.2) is 24.4 Å². The molecule has 1 fully saturated rings. The summed E-state index contributed by atoms with van der Waals surface area (Å²) in [6.45, 7) is 4.32. The summed E-state index contributed by atoms with van der Waals surface area (Å²) in [6.07, 6.45) is 5.73. The number of hydrogen-bond donors (Lipinski definition) is 0. The number of benzene rings is 1. The van der Waals surface area contributed by atoms with E-state index in [4.69, 9.17) is 0 Å². The summed E-state index contributed by atoms with van der Waals surface area (Å²) in [5.41, 5.74) is 1.02. The molecule has 3 nitrogen and oxygen atoms in total. The first-order chi connectivity index (χ1) is 8.83. The fraction of sp³-hybridized carbons (Fsp3) is 0.500. The van der Waals surface area contributed by atoms with Gasteiger partial charge in [0, 0.05) is 11.9 Å². The number of rotatable bonds is 3. The molecule has 1 saturated heterocycles. The molecule has 0 atom stereocenters. The minimum atomic E-state index is -0.196. The Morgan fingerprint density at radius 3 is 2.78 bits per heavy atom. The molecule has 2 aromatic rings. The largest absolute Gasteiger partial charge is 0.301 e. The average Bonchev–Trinajstić information content (AvgIpc) is 2.80. The molecule has 0 unspecified atom stereocenters. The van der Waals surface area contributed by atoms with Gasteiger partial charge in [0.15, 0.2) is 0 Å². The molecular weight excluding hydrogens is 229 g/mol. The van der Waals surface area contributed by atoms with Gasteiger partial charge < -0.3 is 4.90 Å². The van der Waals surface area contributed by atoms with E-state index in [2.05, 4.69) is 10.00 Å². The second kappa shape index (κ2) is 5.06. The maximum Gasteiger partial charge on any atom is 0.124 e. The van der Waals surface area contributed by atoms with Crippen LogP contribution < -0.4 is 0 Å². The van der Waals surface area contributed by atoms with Crippen molar-refractivity contribution in [2.24, 2.45) is 0 Å². The Morgan fingerprint density at radius 1 is 1.11 bits per heavy atom. The number of hydrogen-bond acceptors (Lipinski definition) is 2. The van der Waals surface area contributed by atoms with Gasteiger partial charge in [-0.2, -0.15) is 5.10 Å². The lowest BCUT2D eigenvalue weighted by molar-refractivity contribution is 0.219. The first-order valence-corrected chi connectivity index (χ1v) is 6.66. The van der Waals surface area contributed by atoms with Crippen molar-refractivity contribution in [2.75, 3.05) is 19.6 Å². The van der Waals surface area contributed by atoms with Crippen LogP contribution >= 0.6 is 0 Å². The lowest BCUT2D eigenvalue weighted by Crippen LogP contribution is -2.32. The molecule has 2 heterocycles. The molecule has 1 aliphatic rings. The molecule has 0 spiro atoms. The number of piperidine rings is 1. The molecule has 1 aromatic heterocycles. The van der Waals surface area contributed by atoms with E-state index in [1.54, 1.807) is 12.3 Å². The van der Waals surface area contributed by atoms with E-state index < -0.39 is 0 Å². The van der Waals surface area contributed by atoms with Gasteiger partial charge in [0.1, 0.15) is 5.82 Å². The number of likely N-dealkylation sites (tertiary alicyclic amines) is 1. The third-order valence-corrected chi connectivity index (χ3v) is 3.68. The highest BCUT2D eigenvalue weighted by molar-refractivity contribution is 5.78. The maximum absolute atomic E-state index is 13.1. The Hall–Kier alpha value is -1.42. The average molecular weight is 247 g/mol. The summed E-state index contributed by atoms with van der Waals surface area (Å²) in [4.78, 5) is 2.49. The second-order valence-corrected chi connectivity index (χ2v) is 4.97. The lowest BCUT2D eigenvalue weighted by atomic mass is 10.1. The van der Waals surface area contributed by atoms with Gasteiger partial charge in [-0.15, -0.1) is 0 Å². The second-order valence-electron chi connectivity index (χ2n) is 4.97. The van der Waals surface area contributed by atoms with E-state index in [-0.39, 0.29) is 5.82 Å². The normalized spacial score (nSPS) is 17.4. The number of nitrogens with zero attached hydrogens (tertiary/aromatic N) is 3. The van der Waals surface area contributed by atoms with Crippen LogP contribution in [0.4, 0.5) is 4.39 Å². The molecule has 3 rings (SSSR count). The standard InChI is InChI=1S/C14H18FN3/c15-13-4-5-14-12(10-13)11-16-18(14)9-8-17-6-2-1-3-7-17/h4-5,10-11H,1-3,6-9H2. The van der Waals surface area contributed by atoms with Crippen molar-refractivity contribution >= 4 is 10.9 Å². The Balaban J connectivity index is 1.70. The van der Waals surface area contributed by atoms with Crippen molar-refractivity contribution in [3.63, 3.8) is 0 Å². The van der Waals surface area contributed by atoms with Crippen LogP contribution in [0.3, 0.4) is 0 Å². The molecular formula is C14H18FN3. The zero-order valence-corrected chi connectivity index (χ0v) is 10.5. The van der Waals surface area contributed by atoms with Crippen LogP contribution in [0.25, 0.3) is 10.9 Å². The number of fused-ring (bicyclic) bond motifs is 1. The molecule has 1 aromatic carbocycles. The summed E-state index contributed by atoms with van der Waals surface area (Å²) < 4.78 is 15.1. The molecule has 0 aliphatic carbocycles. The van der Waals surface area contributed by atoms with Crippen LogP contribution in [-0.2, 0) is 6.54 Å². The third kappa shape index (κ3) is 2.38. The van der Waals surface area contributed by atoms with E-state index >= 15 is 0 Å². The van der Waals surface area contributed by atoms with Crippen LogP contribution in [0.2, 0.25) is 0 Å². The topological polar surface area (TPSA) is 21.1 Å². The summed E-state index contributed by atoms with van der Waals surface area (Å²) in [5, 5.41) is 5.23. The molecule has 96 valence electrons. The maximum atomic E-state index is 13.1. The Morgan fingerprint density at radius 2 is 1.94 bits per heavy atom. The fourth-order valence-electron chi connectivity index (χ4n) is 2.66. The SMILES string of the molecule is Fc1ccc2c(cnn2CCN2CCCCC2)c1. The van der Waals surface area contributed by atoms with Gasteiger partial charge in [0.25, 0.3) is 0 Å². The van der Waals surface area contributed by atoms with Crippen molar-refractivity contribution in [1.29, 1.82) is 0 Å². The predicted molar refractivity (Wildman–Crippen MR) is 70.0 cm³/mol. The smallest absolute Gasteiger partial charge is 0.124 e. The van der Waals surface area contributed by atoms with Gasteiger partial charge in [0.2, 0.25) is 0 Å². The number of halogens is 1. The first-order valence-electron chi connectivity index (χ1n) is 6.66. The summed E-state index contributed by atoms with van der Waals surface area (Å²) >= 11 is 0. The highest BCUT2D eigenvalue weighted by atomic mass is 19.1. The van der Waals surface area contributed by atoms with Crippen molar-refractivity contribution in [3.05, 3.63) is 30.2 Å². The molecule has 18 heavy (non-hydrogen) atoms. The fourth-order valence-corrected chi connectivity index (χ4v) is 2.66. The van der Waals surface area contributed by atoms with E-state index in [0.29, 0.717) is 0 Å². The van der Waals surface area contributed by atoms with Crippen molar-refractivity contribution in [2.45, 2.75) is 25.8 Å². The zero-order chi connectivity index (χ0) is 12.4. The molecule has 0 N–H and O–H groups in total. The highest BCUT2D eigenvalue weighted by Gasteiger charge is 2.10. The Labute approximate surface area is 106 Å².